The van der Waals surface area contributed by atoms with E-state index in [0.29, 0.717) is 5.56 Å². The lowest BCUT2D eigenvalue weighted by molar-refractivity contribution is 0.108. The first-order valence-corrected chi connectivity index (χ1v) is 4.89. The average Bonchev–Trinajstić information content (AvgIpc) is 2.72. The second kappa shape index (κ2) is 4.11. The van der Waals surface area contributed by atoms with E-state index in [1.165, 1.54) is 0 Å². The summed E-state index contributed by atoms with van der Waals surface area (Å²) in [5, 5.41) is 0.0172. The van der Waals surface area contributed by atoms with Crippen molar-refractivity contribution in [3.8, 4) is 0 Å². The van der Waals surface area contributed by atoms with Gasteiger partial charge in [0.1, 0.15) is 6.33 Å². The number of carbonyl (C=O) groups excluding carboxylic acids is 1. The van der Waals surface area contributed by atoms with Gasteiger partial charge in [-0.15, -0.1) is 0 Å². The van der Waals surface area contributed by atoms with E-state index in [9.17, 15) is 4.79 Å². The molecule has 0 aliphatic rings. The van der Waals surface area contributed by atoms with E-state index in [4.69, 9.17) is 0 Å². The molecule has 0 radical (unpaired) electrons. The van der Waals surface area contributed by atoms with Crippen molar-refractivity contribution >= 4 is 17.1 Å². The highest BCUT2D eigenvalue weighted by molar-refractivity contribution is 8.12. The maximum atomic E-state index is 11.6. The van der Waals surface area contributed by atoms with Crippen LogP contribution in [-0.4, -0.2) is 14.1 Å². The lowest BCUT2D eigenvalue weighted by Gasteiger charge is -1.99. The van der Waals surface area contributed by atoms with E-state index in [-0.39, 0.29) is 5.12 Å². The van der Waals surface area contributed by atoms with Crippen molar-refractivity contribution in [3.63, 3.8) is 0 Å². The van der Waals surface area contributed by atoms with Crippen LogP contribution in [0.15, 0.2) is 49.1 Å². The summed E-state index contributed by atoms with van der Waals surface area (Å²) in [5.41, 5.74) is 0.700. The van der Waals surface area contributed by atoms with E-state index in [1.54, 1.807) is 34.8 Å². The standard InChI is InChI=1S/C10H8N2OS/c13-10(9-4-2-1-3-5-9)14-12-7-6-11-8-12/h1-8H. The lowest BCUT2D eigenvalue weighted by Crippen LogP contribution is -1.95. The molecule has 0 saturated carbocycles. The van der Waals surface area contributed by atoms with E-state index < -0.39 is 0 Å². The Labute approximate surface area is 85.9 Å². The number of hydrogen-bond acceptors (Lipinski definition) is 3. The first kappa shape index (κ1) is 9.02. The second-order valence-electron chi connectivity index (χ2n) is 2.67. The summed E-state index contributed by atoms with van der Waals surface area (Å²) < 4.78 is 1.68. The summed E-state index contributed by atoms with van der Waals surface area (Å²) in [6, 6.07) is 9.18. The zero-order valence-corrected chi connectivity index (χ0v) is 8.15. The van der Waals surface area contributed by atoms with Crippen LogP contribution in [-0.2, 0) is 0 Å². The number of nitrogens with zero attached hydrogens (tertiary/aromatic N) is 2. The van der Waals surface area contributed by atoms with Crippen LogP contribution in [0.25, 0.3) is 0 Å². The fourth-order valence-electron chi connectivity index (χ4n) is 1.02. The molecule has 0 amide bonds. The zero-order chi connectivity index (χ0) is 9.80. The van der Waals surface area contributed by atoms with Crippen LogP contribution >= 0.6 is 11.9 Å². The van der Waals surface area contributed by atoms with Crippen LogP contribution in [0.1, 0.15) is 10.4 Å². The molecule has 1 heterocycles. The van der Waals surface area contributed by atoms with Gasteiger partial charge in [-0.2, -0.15) is 0 Å². The molecule has 1 aromatic heterocycles. The van der Waals surface area contributed by atoms with E-state index >= 15 is 0 Å². The largest absolute Gasteiger partial charge is 0.280 e. The Morgan fingerprint density at radius 3 is 2.71 bits per heavy atom. The van der Waals surface area contributed by atoms with Gasteiger partial charge in [0.2, 0.25) is 5.12 Å². The van der Waals surface area contributed by atoms with Crippen molar-refractivity contribution in [2.45, 2.75) is 0 Å². The number of carbonyl (C=O) groups is 1. The SMILES string of the molecule is O=C(Sn1ccnc1)c1ccccc1. The summed E-state index contributed by atoms with van der Waals surface area (Å²) in [5.74, 6) is 0. The predicted molar refractivity (Wildman–Crippen MR) is 56.0 cm³/mol. The van der Waals surface area contributed by atoms with Gasteiger partial charge in [0.25, 0.3) is 0 Å². The molecular formula is C10H8N2OS. The number of imidazole rings is 1. The molecule has 70 valence electrons. The smallest absolute Gasteiger partial charge is 0.240 e. The normalized spacial score (nSPS) is 10.0. The lowest BCUT2D eigenvalue weighted by atomic mass is 10.2. The quantitative estimate of drug-likeness (QED) is 0.752. The molecule has 0 aliphatic heterocycles. The predicted octanol–water partition coefficient (Wildman–Crippen LogP) is 2.22. The van der Waals surface area contributed by atoms with Crippen LogP contribution in [0.2, 0.25) is 0 Å². The fourth-order valence-corrected chi connectivity index (χ4v) is 1.67. The fraction of sp³-hybridized carbons (Fsp3) is 0. The van der Waals surface area contributed by atoms with Gasteiger partial charge in [0.15, 0.2) is 0 Å². The van der Waals surface area contributed by atoms with Crippen molar-refractivity contribution < 1.29 is 4.79 Å². The average molecular weight is 204 g/mol. The number of hydrogen-bond donors (Lipinski definition) is 0. The molecule has 0 unspecified atom stereocenters. The minimum Gasteiger partial charge on any atom is -0.280 e. The Balaban J connectivity index is 2.11. The third-order valence-electron chi connectivity index (χ3n) is 1.68. The van der Waals surface area contributed by atoms with Crippen molar-refractivity contribution in [2.24, 2.45) is 0 Å². The van der Waals surface area contributed by atoms with Crippen molar-refractivity contribution in [1.82, 2.24) is 8.96 Å². The van der Waals surface area contributed by atoms with E-state index in [0.717, 1.165) is 11.9 Å². The molecule has 4 heteroatoms. The Bertz CT molecular complexity index is 411. The van der Waals surface area contributed by atoms with Crippen molar-refractivity contribution in [3.05, 3.63) is 54.6 Å². The van der Waals surface area contributed by atoms with Gasteiger partial charge >= 0.3 is 0 Å². The van der Waals surface area contributed by atoms with Gasteiger partial charge in [0.05, 0.1) is 0 Å². The van der Waals surface area contributed by atoms with Gasteiger partial charge < -0.3 is 0 Å². The van der Waals surface area contributed by atoms with E-state index in [1.807, 2.05) is 18.2 Å². The monoisotopic (exact) mass is 204 g/mol. The molecular weight excluding hydrogens is 196 g/mol. The van der Waals surface area contributed by atoms with Crippen molar-refractivity contribution in [1.29, 1.82) is 0 Å². The molecule has 1 aromatic carbocycles. The van der Waals surface area contributed by atoms with Gasteiger partial charge in [-0.3, -0.25) is 8.77 Å². The van der Waals surface area contributed by atoms with Gasteiger partial charge in [0, 0.05) is 29.9 Å². The minimum absolute atomic E-state index is 0.0172. The van der Waals surface area contributed by atoms with Crippen LogP contribution < -0.4 is 0 Å². The maximum Gasteiger partial charge on any atom is 0.240 e. The highest BCUT2D eigenvalue weighted by atomic mass is 32.2. The Hall–Kier alpha value is -1.55. The zero-order valence-electron chi connectivity index (χ0n) is 7.33. The first-order chi connectivity index (χ1) is 6.86. The summed E-state index contributed by atoms with van der Waals surface area (Å²) in [6.45, 7) is 0. The number of rotatable bonds is 2. The summed E-state index contributed by atoms with van der Waals surface area (Å²) >= 11 is 1.12. The number of aromatic nitrogens is 2. The van der Waals surface area contributed by atoms with Crippen LogP contribution in [0.3, 0.4) is 0 Å². The molecule has 2 rings (SSSR count). The second-order valence-corrected chi connectivity index (χ2v) is 3.64. The minimum atomic E-state index is 0.0172. The molecule has 0 atom stereocenters. The molecule has 0 bridgehead atoms. The maximum absolute atomic E-state index is 11.6. The van der Waals surface area contributed by atoms with Gasteiger partial charge in [-0.25, -0.2) is 4.98 Å². The van der Waals surface area contributed by atoms with Crippen LogP contribution in [0, 0.1) is 0 Å². The molecule has 0 spiro atoms. The van der Waals surface area contributed by atoms with Gasteiger partial charge in [-0.1, -0.05) is 30.3 Å². The highest BCUT2D eigenvalue weighted by Crippen LogP contribution is 2.13. The van der Waals surface area contributed by atoms with Crippen LogP contribution in [0.4, 0.5) is 0 Å². The first-order valence-electron chi connectivity index (χ1n) is 4.12. The van der Waals surface area contributed by atoms with Gasteiger partial charge in [-0.05, 0) is 0 Å². The Morgan fingerprint density at radius 2 is 2.07 bits per heavy atom. The third-order valence-corrected chi connectivity index (χ3v) is 2.51. The highest BCUT2D eigenvalue weighted by Gasteiger charge is 2.06. The molecule has 0 saturated heterocycles. The number of benzene rings is 1. The molecule has 3 nitrogen and oxygen atoms in total. The molecule has 0 aliphatic carbocycles. The summed E-state index contributed by atoms with van der Waals surface area (Å²) in [7, 11) is 0. The molecule has 0 fully saturated rings. The molecule has 2 aromatic rings. The Kier molecular flexibility index (Phi) is 2.65. The topological polar surface area (TPSA) is 34.9 Å². The van der Waals surface area contributed by atoms with E-state index in [2.05, 4.69) is 4.98 Å². The van der Waals surface area contributed by atoms with Crippen LogP contribution in [0.5, 0.6) is 0 Å². The molecule has 14 heavy (non-hydrogen) atoms. The Morgan fingerprint density at radius 1 is 1.29 bits per heavy atom. The third kappa shape index (κ3) is 2.03. The summed E-state index contributed by atoms with van der Waals surface area (Å²) in [6.07, 6.45) is 4.99. The molecule has 0 N–H and O–H groups in total. The summed E-state index contributed by atoms with van der Waals surface area (Å²) in [4.78, 5) is 15.5. The van der Waals surface area contributed by atoms with Crippen molar-refractivity contribution in [2.75, 3.05) is 0 Å².